The number of carbonyl (C=O) groups excluding carboxylic acids is 1. The summed E-state index contributed by atoms with van der Waals surface area (Å²) < 4.78 is 16.8. The fraction of sp³-hybridized carbons (Fsp3) is 0.375. The molecule has 1 N–H and O–H groups in total. The van der Waals surface area contributed by atoms with E-state index in [9.17, 15) is 14.7 Å². The van der Waals surface area contributed by atoms with Crippen molar-refractivity contribution in [3.63, 3.8) is 0 Å². The highest BCUT2D eigenvalue weighted by atomic mass is 35.5. The van der Waals surface area contributed by atoms with Crippen molar-refractivity contribution in [1.82, 2.24) is 29.4 Å². The van der Waals surface area contributed by atoms with Crippen LogP contribution in [0, 0.1) is 5.82 Å². The summed E-state index contributed by atoms with van der Waals surface area (Å²) >= 11 is 7.12. The molecule has 5 heterocycles. The number of carbonyl (C=O) groups is 1. The normalized spacial score (nSPS) is 16.4. The molecule has 1 fully saturated rings. The van der Waals surface area contributed by atoms with E-state index < -0.39 is 11.5 Å². The largest absolute Gasteiger partial charge is 0.507 e. The van der Waals surface area contributed by atoms with Gasteiger partial charge in [-0.2, -0.15) is 4.98 Å². The molecule has 0 saturated carbocycles. The molecule has 2 aliphatic heterocycles. The van der Waals surface area contributed by atoms with Crippen molar-refractivity contribution in [3.8, 4) is 22.7 Å². The number of nitrogens with zero attached hydrogens (tertiary/aromatic N) is 8. The third kappa shape index (κ3) is 4.87. The topological polar surface area (TPSA) is 121 Å². The van der Waals surface area contributed by atoms with Crippen LogP contribution in [0.4, 0.5) is 15.9 Å². The minimum absolute atomic E-state index is 0.0238. The van der Waals surface area contributed by atoms with Gasteiger partial charge >= 0.3 is 5.69 Å². The standard InChI is InChI=1S/C32H34ClFN8O3/c1-7-21(44)40-11-12-41-18(14-40)13-39(6)28-23-30(41)38-32(45)42(29-25(16(2)3)35-15-36-26(29)17(4)5)31(23)37-27(24(28)33)22-19(34)9-8-10-20(22)43/h7-10,15-18,43H,1,11-14H2,2-6H3. The number of phenols is 1. The van der Waals surface area contributed by atoms with Crippen molar-refractivity contribution in [2.45, 2.75) is 45.6 Å². The van der Waals surface area contributed by atoms with E-state index >= 15 is 4.39 Å². The van der Waals surface area contributed by atoms with Crippen molar-refractivity contribution >= 4 is 40.0 Å². The van der Waals surface area contributed by atoms with Crippen LogP contribution in [0.1, 0.15) is 50.9 Å². The summed E-state index contributed by atoms with van der Waals surface area (Å²) in [5, 5.41) is 11.4. The summed E-state index contributed by atoms with van der Waals surface area (Å²) in [6.45, 7) is 13.1. The lowest BCUT2D eigenvalue weighted by atomic mass is 10.0. The zero-order chi connectivity index (χ0) is 32.3. The van der Waals surface area contributed by atoms with Gasteiger partial charge in [0.25, 0.3) is 0 Å². The van der Waals surface area contributed by atoms with Gasteiger partial charge in [0.1, 0.15) is 29.4 Å². The van der Waals surface area contributed by atoms with E-state index in [2.05, 4.69) is 21.5 Å². The molecule has 6 rings (SSSR count). The molecule has 0 spiro atoms. The first-order valence-electron chi connectivity index (χ1n) is 14.8. The highest BCUT2D eigenvalue weighted by Crippen LogP contribution is 2.47. The predicted molar refractivity (Wildman–Crippen MR) is 172 cm³/mol. The molecule has 45 heavy (non-hydrogen) atoms. The van der Waals surface area contributed by atoms with E-state index in [0.717, 1.165) is 0 Å². The SMILES string of the molecule is C=CC(=O)N1CCN2c3nc(=O)n(-c4c(C(C)C)ncnc4C(C)C)c4nc(-c5c(O)cccc5F)c(Cl)c(c34)N(C)CC2C1. The lowest BCUT2D eigenvalue weighted by Gasteiger charge is -2.41. The summed E-state index contributed by atoms with van der Waals surface area (Å²) in [4.78, 5) is 51.2. The zero-order valence-corrected chi connectivity index (χ0v) is 26.5. The average molecular weight is 633 g/mol. The van der Waals surface area contributed by atoms with E-state index in [4.69, 9.17) is 16.6 Å². The molecule has 3 aromatic heterocycles. The summed E-state index contributed by atoms with van der Waals surface area (Å²) in [5.74, 6) is -1.07. The van der Waals surface area contributed by atoms with Crippen LogP contribution in [0.2, 0.25) is 5.02 Å². The Labute approximate surface area is 264 Å². The molecular weight excluding hydrogens is 599 g/mol. The molecule has 1 unspecified atom stereocenters. The number of fused-ring (bicyclic) bond motifs is 2. The number of hydrogen-bond acceptors (Lipinski definition) is 9. The predicted octanol–water partition coefficient (Wildman–Crippen LogP) is 4.64. The Bertz CT molecular complexity index is 1880. The molecule has 1 aromatic carbocycles. The first kappa shape index (κ1) is 30.4. The molecule has 4 aromatic rings. The molecule has 1 saturated heterocycles. The number of pyridine rings is 1. The number of aromatic nitrogens is 5. The number of anilines is 2. The van der Waals surface area contributed by atoms with Gasteiger partial charge in [0.15, 0.2) is 5.65 Å². The molecule has 0 radical (unpaired) electrons. The van der Waals surface area contributed by atoms with Gasteiger partial charge in [-0.25, -0.2) is 28.7 Å². The summed E-state index contributed by atoms with van der Waals surface area (Å²) in [5.41, 5.74) is 1.53. The number of piperazine rings is 1. The Kier molecular flexibility index (Phi) is 7.72. The molecule has 234 valence electrons. The van der Waals surface area contributed by atoms with Gasteiger partial charge in [-0.15, -0.1) is 0 Å². The van der Waals surface area contributed by atoms with Gasteiger partial charge in [-0.1, -0.05) is 51.9 Å². The Morgan fingerprint density at radius 2 is 1.78 bits per heavy atom. The van der Waals surface area contributed by atoms with Crippen LogP contribution in [0.5, 0.6) is 5.75 Å². The average Bonchev–Trinajstić information content (AvgIpc) is 3.12. The Morgan fingerprint density at radius 3 is 2.40 bits per heavy atom. The fourth-order valence-electron chi connectivity index (χ4n) is 6.38. The van der Waals surface area contributed by atoms with Crippen molar-refractivity contribution in [1.29, 1.82) is 0 Å². The maximum atomic E-state index is 15.4. The van der Waals surface area contributed by atoms with E-state index in [0.29, 0.717) is 60.1 Å². The minimum Gasteiger partial charge on any atom is -0.507 e. The zero-order valence-electron chi connectivity index (χ0n) is 25.8. The maximum absolute atomic E-state index is 15.4. The van der Waals surface area contributed by atoms with Gasteiger partial charge < -0.3 is 19.8 Å². The maximum Gasteiger partial charge on any atom is 0.355 e. The molecule has 1 atom stereocenters. The van der Waals surface area contributed by atoms with E-state index in [1.54, 1.807) is 4.90 Å². The number of rotatable bonds is 5. The van der Waals surface area contributed by atoms with Gasteiger partial charge in [-0.3, -0.25) is 4.79 Å². The van der Waals surface area contributed by atoms with Crippen molar-refractivity contribution in [3.05, 3.63) is 69.9 Å². The Morgan fingerprint density at radius 1 is 1.09 bits per heavy atom. The number of halogens is 2. The molecule has 2 aliphatic rings. The van der Waals surface area contributed by atoms with Crippen LogP contribution in [0.3, 0.4) is 0 Å². The highest BCUT2D eigenvalue weighted by molar-refractivity contribution is 6.38. The second-order valence-electron chi connectivity index (χ2n) is 12.0. The monoisotopic (exact) mass is 632 g/mol. The number of benzene rings is 1. The van der Waals surface area contributed by atoms with E-state index in [1.165, 1.54) is 35.2 Å². The Hall–Kier alpha value is -4.58. The molecule has 1 amide bonds. The lowest BCUT2D eigenvalue weighted by molar-refractivity contribution is -0.126. The Balaban J connectivity index is 1.77. The molecule has 13 heteroatoms. The smallest absolute Gasteiger partial charge is 0.355 e. The first-order chi connectivity index (χ1) is 21.4. The van der Waals surface area contributed by atoms with Crippen LogP contribution >= 0.6 is 11.6 Å². The molecule has 0 aliphatic carbocycles. The number of likely N-dealkylation sites (N-methyl/N-ethyl adjacent to an activating group) is 1. The summed E-state index contributed by atoms with van der Waals surface area (Å²) in [6.07, 6.45) is 2.77. The number of aromatic hydroxyl groups is 1. The van der Waals surface area contributed by atoms with Crippen LogP contribution in [0.15, 0.2) is 42.0 Å². The number of amides is 1. The fourth-order valence-corrected chi connectivity index (χ4v) is 6.76. The number of phenolic OH excluding ortho intramolecular Hbond substituents is 1. The van der Waals surface area contributed by atoms with Crippen LogP contribution in [-0.2, 0) is 4.79 Å². The third-order valence-corrected chi connectivity index (χ3v) is 8.81. The van der Waals surface area contributed by atoms with Gasteiger partial charge in [0.2, 0.25) is 5.91 Å². The lowest BCUT2D eigenvalue weighted by Crippen LogP contribution is -2.57. The quantitative estimate of drug-likeness (QED) is 0.314. The number of hydrogen-bond donors (Lipinski definition) is 1. The van der Waals surface area contributed by atoms with Crippen LogP contribution < -0.4 is 15.5 Å². The van der Waals surface area contributed by atoms with Crippen molar-refractivity contribution in [2.24, 2.45) is 0 Å². The van der Waals surface area contributed by atoms with Crippen LogP contribution in [0.25, 0.3) is 28.0 Å². The third-order valence-electron chi connectivity index (χ3n) is 8.45. The van der Waals surface area contributed by atoms with E-state index in [1.807, 2.05) is 44.5 Å². The van der Waals surface area contributed by atoms with Gasteiger partial charge in [-0.05, 0) is 30.0 Å². The molecule has 11 nitrogen and oxygen atoms in total. The second-order valence-corrected chi connectivity index (χ2v) is 12.4. The van der Waals surface area contributed by atoms with Crippen molar-refractivity contribution < 1.29 is 14.3 Å². The first-order valence-corrected chi connectivity index (χ1v) is 15.2. The summed E-state index contributed by atoms with van der Waals surface area (Å²) in [6, 6.07) is 3.71. The highest BCUT2D eigenvalue weighted by Gasteiger charge is 2.38. The van der Waals surface area contributed by atoms with Gasteiger partial charge in [0.05, 0.1) is 44.8 Å². The summed E-state index contributed by atoms with van der Waals surface area (Å²) in [7, 11) is 1.84. The molecular formula is C32H34ClFN8O3. The van der Waals surface area contributed by atoms with Gasteiger partial charge in [0, 0.05) is 33.2 Å². The minimum atomic E-state index is -0.722. The second kappa shape index (κ2) is 11.4. The van der Waals surface area contributed by atoms with Crippen molar-refractivity contribution in [2.75, 3.05) is 43.0 Å². The van der Waals surface area contributed by atoms with Crippen LogP contribution in [-0.4, -0.2) is 79.7 Å². The molecule has 0 bridgehead atoms. The van der Waals surface area contributed by atoms with E-state index in [-0.39, 0.29) is 51.5 Å².